The Morgan fingerprint density at radius 2 is 1.30 bits per heavy atom. The quantitative estimate of drug-likeness (QED) is 0.198. The molecule has 186 valence electrons. The number of alkyl halides is 3. The third kappa shape index (κ3) is 8.29. The molecule has 0 atom stereocenters. The Balaban J connectivity index is 1.38. The largest absolute Gasteiger partial charge is 0.573 e. The monoisotopic (exact) mass is 472 g/mol. The molecule has 0 heterocycles. The van der Waals surface area contributed by atoms with E-state index in [9.17, 15) is 22.0 Å². The van der Waals surface area contributed by atoms with Crippen molar-refractivity contribution in [3.05, 3.63) is 41.5 Å². The van der Waals surface area contributed by atoms with Gasteiger partial charge in [0.15, 0.2) is 11.6 Å². The van der Waals surface area contributed by atoms with Crippen LogP contribution in [-0.2, 0) is 0 Å². The fourth-order valence-corrected chi connectivity index (χ4v) is 5.78. The van der Waals surface area contributed by atoms with Crippen LogP contribution < -0.4 is 4.74 Å². The molecule has 1 aromatic rings. The van der Waals surface area contributed by atoms with E-state index in [1.54, 1.807) is 0 Å². The average Bonchev–Trinajstić information content (AvgIpc) is 2.78. The highest BCUT2D eigenvalue weighted by atomic mass is 19.4. The van der Waals surface area contributed by atoms with Gasteiger partial charge in [0.05, 0.1) is 0 Å². The van der Waals surface area contributed by atoms with Crippen LogP contribution >= 0.6 is 0 Å². The van der Waals surface area contributed by atoms with Gasteiger partial charge < -0.3 is 4.74 Å². The normalized spacial score (nSPS) is 26.6. The van der Waals surface area contributed by atoms with Crippen LogP contribution in [0.4, 0.5) is 22.0 Å². The third-order valence-corrected chi connectivity index (χ3v) is 7.72. The molecule has 2 aliphatic rings. The van der Waals surface area contributed by atoms with Gasteiger partial charge in [0, 0.05) is 0 Å². The molecule has 1 nitrogen and oxygen atoms in total. The van der Waals surface area contributed by atoms with Crippen molar-refractivity contribution in [3.63, 3.8) is 0 Å². The number of hydrogen-bond donors (Lipinski definition) is 0. The Labute approximate surface area is 194 Å². The maximum Gasteiger partial charge on any atom is 0.573 e. The fraction of sp³-hybridized carbons (Fsp3) is 0.704. The van der Waals surface area contributed by atoms with Crippen LogP contribution in [0.5, 0.6) is 5.75 Å². The first kappa shape index (κ1) is 26.0. The molecule has 2 fully saturated rings. The first-order valence-electron chi connectivity index (χ1n) is 12.6. The van der Waals surface area contributed by atoms with Crippen LogP contribution in [0, 0.1) is 29.4 Å². The first-order valence-corrected chi connectivity index (χ1v) is 12.6. The summed E-state index contributed by atoms with van der Waals surface area (Å²) in [6.07, 6.45) is 14.7. The molecule has 0 aliphatic heterocycles. The molecule has 0 spiro atoms. The van der Waals surface area contributed by atoms with Gasteiger partial charge in [0.25, 0.3) is 0 Å². The molecule has 1 aromatic carbocycles. The molecule has 0 aromatic heterocycles. The van der Waals surface area contributed by atoms with E-state index in [2.05, 4.69) is 23.8 Å². The number of benzene rings is 1. The van der Waals surface area contributed by atoms with Gasteiger partial charge in [0.1, 0.15) is 0 Å². The van der Waals surface area contributed by atoms with E-state index in [1.165, 1.54) is 57.8 Å². The van der Waals surface area contributed by atoms with Crippen LogP contribution in [0.3, 0.4) is 0 Å². The van der Waals surface area contributed by atoms with E-state index < -0.39 is 23.7 Å². The predicted molar refractivity (Wildman–Crippen MR) is 121 cm³/mol. The Morgan fingerprint density at radius 3 is 1.79 bits per heavy atom. The standard InChI is InChI=1S/C27H37F5O/c1-2-3-4-5-6-19-7-9-20(10-8-19)11-12-21-13-15-22(16-14-21)23-17-24(28)26(25(29)18-23)33-27(30,31)32/h2-3,17-22H,4-16H2,1H3/b3-2+. The van der Waals surface area contributed by atoms with Gasteiger partial charge in [-0.3, -0.25) is 0 Å². The summed E-state index contributed by atoms with van der Waals surface area (Å²) in [7, 11) is 0. The van der Waals surface area contributed by atoms with Crippen molar-refractivity contribution in [1.82, 2.24) is 0 Å². The zero-order valence-electron chi connectivity index (χ0n) is 19.6. The van der Waals surface area contributed by atoms with E-state index in [4.69, 9.17) is 0 Å². The second kappa shape index (κ2) is 12.2. The van der Waals surface area contributed by atoms with E-state index in [0.717, 1.165) is 49.7 Å². The maximum absolute atomic E-state index is 14.1. The van der Waals surface area contributed by atoms with Crippen LogP contribution in [0.25, 0.3) is 0 Å². The molecule has 2 saturated carbocycles. The zero-order chi connectivity index (χ0) is 23.8. The van der Waals surface area contributed by atoms with Crippen molar-refractivity contribution in [2.45, 2.75) is 103 Å². The number of rotatable bonds is 9. The molecule has 0 radical (unpaired) electrons. The lowest BCUT2D eigenvalue weighted by atomic mass is 9.74. The lowest BCUT2D eigenvalue weighted by Gasteiger charge is -2.32. The Morgan fingerprint density at radius 1 is 0.818 bits per heavy atom. The van der Waals surface area contributed by atoms with Crippen molar-refractivity contribution >= 4 is 0 Å². The van der Waals surface area contributed by atoms with Crippen molar-refractivity contribution in [2.75, 3.05) is 0 Å². The van der Waals surface area contributed by atoms with Crippen LogP contribution in [0.15, 0.2) is 24.3 Å². The molecule has 0 unspecified atom stereocenters. The number of unbranched alkanes of at least 4 members (excludes halogenated alkanes) is 1. The molecule has 3 rings (SSSR count). The lowest BCUT2D eigenvalue weighted by Crippen LogP contribution is -2.20. The van der Waals surface area contributed by atoms with Gasteiger partial charge in [-0.05, 0) is 86.8 Å². The van der Waals surface area contributed by atoms with Crippen molar-refractivity contribution in [3.8, 4) is 5.75 Å². The summed E-state index contributed by atoms with van der Waals surface area (Å²) in [6, 6.07) is 2.01. The molecule has 0 saturated heterocycles. The van der Waals surface area contributed by atoms with Gasteiger partial charge in [-0.2, -0.15) is 0 Å². The molecular weight excluding hydrogens is 435 g/mol. The molecular formula is C27H37F5O. The van der Waals surface area contributed by atoms with Crippen molar-refractivity contribution < 1.29 is 26.7 Å². The summed E-state index contributed by atoms with van der Waals surface area (Å²) < 4.78 is 68.6. The highest BCUT2D eigenvalue weighted by Crippen LogP contribution is 2.41. The minimum atomic E-state index is -5.12. The topological polar surface area (TPSA) is 9.23 Å². The summed E-state index contributed by atoms with van der Waals surface area (Å²) in [5.74, 6) is -1.59. The Hall–Kier alpha value is -1.59. The van der Waals surface area contributed by atoms with Gasteiger partial charge in [-0.1, -0.05) is 57.1 Å². The fourth-order valence-electron chi connectivity index (χ4n) is 5.78. The smallest absolute Gasteiger partial charge is 0.399 e. The van der Waals surface area contributed by atoms with Gasteiger partial charge in [-0.25, -0.2) is 8.78 Å². The minimum Gasteiger partial charge on any atom is -0.399 e. The Bertz CT molecular complexity index is 733. The zero-order valence-corrected chi connectivity index (χ0v) is 19.6. The highest BCUT2D eigenvalue weighted by Gasteiger charge is 2.35. The van der Waals surface area contributed by atoms with E-state index in [0.29, 0.717) is 11.5 Å². The van der Waals surface area contributed by atoms with Crippen LogP contribution in [-0.4, -0.2) is 6.36 Å². The summed E-state index contributed by atoms with van der Waals surface area (Å²) in [5.41, 5.74) is 0.436. The van der Waals surface area contributed by atoms with E-state index >= 15 is 0 Å². The van der Waals surface area contributed by atoms with E-state index in [1.807, 2.05) is 0 Å². The molecule has 0 bridgehead atoms. The first-order chi connectivity index (χ1) is 15.7. The number of hydrogen-bond acceptors (Lipinski definition) is 1. The van der Waals surface area contributed by atoms with Gasteiger partial charge in [0.2, 0.25) is 5.75 Å². The summed E-state index contributed by atoms with van der Waals surface area (Å²) >= 11 is 0. The lowest BCUT2D eigenvalue weighted by molar-refractivity contribution is -0.276. The summed E-state index contributed by atoms with van der Waals surface area (Å²) in [5, 5.41) is 0. The molecule has 6 heteroatoms. The minimum absolute atomic E-state index is 0.0109. The second-order valence-corrected chi connectivity index (χ2v) is 10.0. The molecule has 33 heavy (non-hydrogen) atoms. The molecule has 0 N–H and O–H groups in total. The SMILES string of the molecule is C/C=C/CCCC1CCC(CCC2CCC(c3cc(F)c(OC(F)(F)F)c(F)c3)CC2)CC1. The van der Waals surface area contributed by atoms with Crippen molar-refractivity contribution in [2.24, 2.45) is 17.8 Å². The maximum atomic E-state index is 14.1. The van der Waals surface area contributed by atoms with Gasteiger partial charge in [-0.15, -0.1) is 13.2 Å². The Kier molecular flexibility index (Phi) is 9.63. The highest BCUT2D eigenvalue weighted by molar-refractivity contribution is 5.33. The molecule has 0 amide bonds. The van der Waals surface area contributed by atoms with Crippen LogP contribution in [0.2, 0.25) is 0 Å². The number of ether oxygens (including phenoxy) is 1. The summed E-state index contributed by atoms with van der Waals surface area (Å²) in [4.78, 5) is 0. The van der Waals surface area contributed by atoms with Gasteiger partial charge >= 0.3 is 6.36 Å². The average molecular weight is 473 g/mol. The van der Waals surface area contributed by atoms with E-state index in [-0.39, 0.29) is 5.92 Å². The van der Waals surface area contributed by atoms with Crippen LogP contribution in [0.1, 0.15) is 102 Å². The molecule has 2 aliphatic carbocycles. The predicted octanol–water partition coefficient (Wildman–Crippen LogP) is 9.47. The second-order valence-electron chi connectivity index (χ2n) is 10.0. The number of halogens is 5. The van der Waals surface area contributed by atoms with Crippen molar-refractivity contribution in [1.29, 1.82) is 0 Å². The number of allylic oxidation sites excluding steroid dienone is 2. The summed E-state index contributed by atoms with van der Waals surface area (Å²) in [6.45, 7) is 2.08. The third-order valence-electron chi connectivity index (χ3n) is 7.72.